The smallest absolute Gasteiger partial charge is 0.251 e. The third-order valence-corrected chi connectivity index (χ3v) is 7.34. The Balaban J connectivity index is 1.24. The molecule has 182 valence electrons. The average molecular weight is 499 g/mol. The number of fused-ring (bicyclic) bond motifs is 2. The number of rotatable bonds is 4. The summed E-state index contributed by atoms with van der Waals surface area (Å²) in [6.45, 7) is 2.48. The molecule has 4 aromatic rings. The maximum Gasteiger partial charge on any atom is 0.251 e. The molecule has 2 aromatic heterocycles. The van der Waals surface area contributed by atoms with Crippen molar-refractivity contribution in [1.29, 1.82) is 0 Å². The van der Waals surface area contributed by atoms with E-state index < -0.39 is 0 Å². The second kappa shape index (κ2) is 9.88. The highest BCUT2D eigenvalue weighted by Gasteiger charge is 2.26. The highest BCUT2D eigenvalue weighted by atomic mass is 35.5. The summed E-state index contributed by atoms with van der Waals surface area (Å²) in [4.78, 5) is 7.22. The van der Waals surface area contributed by atoms with Gasteiger partial charge in [-0.25, -0.2) is 0 Å². The van der Waals surface area contributed by atoms with Crippen LogP contribution in [0.4, 0.5) is 0 Å². The van der Waals surface area contributed by atoms with Gasteiger partial charge in [0.05, 0.1) is 24.9 Å². The van der Waals surface area contributed by atoms with E-state index in [-0.39, 0.29) is 0 Å². The van der Waals surface area contributed by atoms with Gasteiger partial charge in [0.15, 0.2) is 0 Å². The molecular weight excluding hydrogens is 472 g/mol. The highest BCUT2D eigenvalue weighted by Crippen LogP contribution is 2.38. The van der Waals surface area contributed by atoms with Gasteiger partial charge >= 0.3 is 0 Å². The van der Waals surface area contributed by atoms with Crippen LogP contribution >= 0.6 is 11.6 Å². The van der Waals surface area contributed by atoms with Crippen LogP contribution in [0.1, 0.15) is 41.1 Å². The molecule has 3 heterocycles. The van der Waals surface area contributed by atoms with E-state index >= 15 is 0 Å². The Morgan fingerprint density at radius 1 is 0.917 bits per heavy atom. The van der Waals surface area contributed by atoms with Crippen molar-refractivity contribution in [2.24, 2.45) is 0 Å². The minimum absolute atomic E-state index is 0.485. The zero-order valence-corrected chi connectivity index (χ0v) is 21.0. The standard InChI is InChI=1S/C29H27ClN4O2/c1-35-25-7-3-2-6-24(25)29-33-32-26(36-29)18-34-15-12-19(13-16-34)27-23-11-10-22(30)17-21(23)9-8-20-5-4-14-31-28(20)27/h2-7,10-11,14,17H,8-9,12-13,15-16,18H2,1H3. The van der Waals surface area contributed by atoms with Crippen LogP contribution in [0.3, 0.4) is 0 Å². The molecule has 1 aliphatic heterocycles. The van der Waals surface area contributed by atoms with Gasteiger partial charge in [0.1, 0.15) is 5.75 Å². The van der Waals surface area contributed by atoms with Gasteiger partial charge in [-0.1, -0.05) is 41.4 Å². The van der Waals surface area contributed by atoms with Gasteiger partial charge in [0.25, 0.3) is 5.89 Å². The first-order valence-electron chi connectivity index (χ1n) is 12.3. The number of ether oxygens (including phenoxy) is 1. The Bertz CT molecular complexity index is 1430. The molecule has 1 aliphatic carbocycles. The number of hydrogen-bond donors (Lipinski definition) is 0. The second-order valence-corrected chi connectivity index (χ2v) is 9.70. The summed E-state index contributed by atoms with van der Waals surface area (Å²) in [7, 11) is 1.64. The SMILES string of the molecule is COc1ccccc1-c1nnc(CN2CCC(=C3c4ccc(Cl)cc4CCc4cccnc43)CC2)o1. The molecule has 1 saturated heterocycles. The van der Waals surface area contributed by atoms with Gasteiger partial charge in [-0.05, 0) is 72.7 Å². The topological polar surface area (TPSA) is 64.3 Å². The van der Waals surface area contributed by atoms with Crippen LogP contribution in [0.25, 0.3) is 17.0 Å². The number of nitrogens with zero attached hydrogens (tertiary/aromatic N) is 4. The molecule has 36 heavy (non-hydrogen) atoms. The van der Waals surface area contributed by atoms with Crippen LogP contribution in [-0.4, -0.2) is 40.3 Å². The van der Waals surface area contributed by atoms with E-state index in [4.69, 9.17) is 25.7 Å². The average Bonchev–Trinajstić information content (AvgIpc) is 3.31. The van der Waals surface area contributed by atoms with Gasteiger partial charge < -0.3 is 9.15 Å². The van der Waals surface area contributed by atoms with E-state index in [2.05, 4.69) is 33.3 Å². The van der Waals surface area contributed by atoms with Gasteiger partial charge in [0.2, 0.25) is 5.89 Å². The van der Waals surface area contributed by atoms with E-state index in [1.165, 1.54) is 27.8 Å². The van der Waals surface area contributed by atoms with Crippen molar-refractivity contribution in [3.63, 3.8) is 0 Å². The molecule has 0 bridgehead atoms. The van der Waals surface area contributed by atoms with Crippen LogP contribution in [0, 0.1) is 0 Å². The molecule has 0 amide bonds. The Hall–Kier alpha value is -3.48. The number of para-hydroxylation sites is 1. The fourth-order valence-electron chi connectivity index (χ4n) is 5.30. The molecule has 7 heteroatoms. The van der Waals surface area contributed by atoms with Crippen molar-refractivity contribution in [3.8, 4) is 17.2 Å². The van der Waals surface area contributed by atoms with Crippen LogP contribution in [0.15, 0.2) is 70.8 Å². The molecule has 0 N–H and O–H groups in total. The fourth-order valence-corrected chi connectivity index (χ4v) is 5.50. The second-order valence-electron chi connectivity index (χ2n) is 9.27. The van der Waals surface area contributed by atoms with E-state index in [1.807, 2.05) is 42.6 Å². The van der Waals surface area contributed by atoms with E-state index in [0.717, 1.165) is 60.8 Å². The summed E-state index contributed by atoms with van der Waals surface area (Å²) in [5.41, 5.74) is 8.58. The molecule has 0 saturated carbocycles. The Morgan fingerprint density at radius 3 is 2.61 bits per heavy atom. The van der Waals surface area contributed by atoms with Gasteiger partial charge in [0, 0.05) is 29.9 Å². The van der Waals surface area contributed by atoms with Crippen molar-refractivity contribution in [1.82, 2.24) is 20.1 Å². The predicted molar refractivity (Wildman–Crippen MR) is 140 cm³/mol. The summed E-state index contributed by atoms with van der Waals surface area (Å²) in [6.07, 6.45) is 5.81. The van der Waals surface area contributed by atoms with Crippen molar-refractivity contribution in [3.05, 3.63) is 99.7 Å². The molecule has 6 rings (SSSR count). The molecule has 1 fully saturated rings. The molecule has 2 aliphatic rings. The van der Waals surface area contributed by atoms with Crippen LogP contribution in [0.2, 0.25) is 5.02 Å². The summed E-state index contributed by atoms with van der Waals surface area (Å²) >= 11 is 6.36. The number of pyridine rings is 1. The van der Waals surface area contributed by atoms with E-state index in [0.29, 0.717) is 18.3 Å². The molecule has 0 unspecified atom stereocenters. The number of piperidine rings is 1. The Labute approximate surface area is 215 Å². The number of hydrogen-bond acceptors (Lipinski definition) is 6. The summed E-state index contributed by atoms with van der Waals surface area (Å²) in [5, 5.41) is 9.36. The van der Waals surface area contributed by atoms with Crippen molar-refractivity contribution < 1.29 is 9.15 Å². The zero-order valence-electron chi connectivity index (χ0n) is 20.2. The van der Waals surface area contributed by atoms with Crippen LogP contribution in [-0.2, 0) is 19.4 Å². The van der Waals surface area contributed by atoms with E-state index in [1.54, 1.807) is 7.11 Å². The number of aryl methyl sites for hydroxylation is 2. The summed E-state index contributed by atoms with van der Waals surface area (Å²) < 4.78 is 11.4. The van der Waals surface area contributed by atoms with Crippen LogP contribution < -0.4 is 4.74 Å². The predicted octanol–water partition coefficient (Wildman–Crippen LogP) is 5.99. The lowest BCUT2D eigenvalue weighted by atomic mass is 9.88. The number of aromatic nitrogens is 3. The monoisotopic (exact) mass is 498 g/mol. The van der Waals surface area contributed by atoms with Gasteiger partial charge in [-0.3, -0.25) is 9.88 Å². The lowest BCUT2D eigenvalue weighted by Gasteiger charge is -2.29. The lowest BCUT2D eigenvalue weighted by molar-refractivity contribution is 0.225. The molecule has 0 spiro atoms. The molecule has 0 radical (unpaired) electrons. The first-order chi connectivity index (χ1) is 17.7. The van der Waals surface area contributed by atoms with Gasteiger partial charge in [-0.2, -0.15) is 0 Å². The highest BCUT2D eigenvalue weighted by molar-refractivity contribution is 6.30. The number of likely N-dealkylation sites (tertiary alicyclic amines) is 1. The van der Waals surface area contributed by atoms with Gasteiger partial charge in [-0.15, -0.1) is 10.2 Å². The molecule has 6 nitrogen and oxygen atoms in total. The van der Waals surface area contributed by atoms with Crippen molar-refractivity contribution in [2.75, 3.05) is 20.2 Å². The first-order valence-corrected chi connectivity index (χ1v) is 12.7. The summed E-state index contributed by atoms with van der Waals surface area (Å²) in [6, 6.07) is 18.2. The van der Waals surface area contributed by atoms with Crippen molar-refractivity contribution >= 4 is 17.2 Å². The normalized spacial score (nSPS) is 15.8. The minimum atomic E-state index is 0.485. The van der Waals surface area contributed by atoms with Crippen molar-refractivity contribution in [2.45, 2.75) is 32.2 Å². The maximum atomic E-state index is 6.36. The largest absolute Gasteiger partial charge is 0.496 e. The van der Waals surface area contributed by atoms with Crippen LogP contribution in [0.5, 0.6) is 5.75 Å². The number of halogens is 1. The fraction of sp³-hybridized carbons (Fsp3) is 0.276. The molecule has 0 atom stereocenters. The molecular formula is C29H27ClN4O2. The van der Waals surface area contributed by atoms with E-state index in [9.17, 15) is 0 Å². The number of benzene rings is 2. The lowest BCUT2D eigenvalue weighted by Crippen LogP contribution is -2.30. The number of methoxy groups -OCH3 is 1. The Kier molecular flexibility index (Phi) is 6.30. The first kappa shape index (κ1) is 23.0. The third kappa shape index (κ3) is 4.43. The maximum absolute atomic E-state index is 6.36. The third-order valence-electron chi connectivity index (χ3n) is 7.10. The summed E-state index contributed by atoms with van der Waals surface area (Å²) in [5.74, 6) is 1.83. The molecule has 2 aromatic carbocycles. The zero-order chi connectivity index (χ0) is 24.5. The Morgan fingerprint density at radius 2 is 1.75 bits per heavy atom. The minimum Gasteiger partial charge on any atom is -0.496 e. The quantitative estimate of drug-likeness (QED) is 0.344.